The van der Waals surface area contributed by atoms with Crippen molar-refractivity contribution >= 4 is 30.2 Å². The van der Waals surface area contributed by atoms with Crippen molar-refractivity contribution in [1.82, 2.24) is 0 Å². The molecule has 0 spiro atoms. The summed E-state index contributed by atoms with van der Waals surface area (Å²) >= 11 is -3.96. The summed E-state index contributed by atoms with van der Waals surface area (Å²) in [5.74, 6) is 0. The number of hydrogen-bond acceptors (Lipinski definition) is 0. The van der Waals surface area contributed by atoms with E-state index in [0.29, 0.717) is 7.25 Å². The van der Waals surface area contributed by atoms with Crippen LogP contribution in [0.3, 0.4) is 0 Å². The molecule has 2 atom stereocenters. The summed E-state index contributed by atoms with van der Waals surface area (Å²) in [6.07, 6.45) is 5.10. The molecule has 0 bridgehead atoms. The summed E-state index contributed by atoms with van der Waals surface area (Å²) in [6.45, 7) is 2.42. The van der Waals surface area contributed by atoms with Crippen LogP contribution in [0.4, 0.5) is 0 Å². The van der Waals surface area contributed by atoms with Crippen molar-refractivity contribution in [3.8, 4) is 22.3 Å². The molecule has 0 aromatic heterocycles. The van der Waals surface area contributed by atoms with Crippen LogP contribution in [0, 0.1) is 0 Å². The van der Waals surface area contributed by atoms with E-state index in [1.807, 2.05) is 0 Å². The molecule has 6 aromatic carbocycles. The van der Waals surface area contributed by atoms with Crippen molar-refractivity contribution in [2.24, 2.45) is 0 Å². The molecule has 0 amide bonds. The SMILES string of the molecule is [CH3][Zr]([CH3])(=[SiH2])([CH]1C(c2ccccc2)=Cc2c(-c3ccccc3)cccc21)[CH]1C(c2ccccc2)=Cc2c(-c3ccccc3)cccc21. The first-order valence-corrected chi connectivity index (χ1v) is 30.0. The van der Waals surface area contributed by atoms with Gasteiger partial charge in [-0.3, -0.25) is 0 Å². The fraction of sp³-hybridized carbons (Fsp3) is 0.0909. The molecule has 0 fully saturated rings. The molecule has 2 heteroatoms. The molecule has 8 rings (SSSR count). The fourth-order valence-electron chi connectivity index (χ4n) is 8.51. The molecular weight excluding hydrogens is 648 g/mol. The fourth-order valence-corrected chi connectivity index (χ4v) is 27.0. The first-order chi connectivity index (χ1) is 22.4. The second kappa shape index (κ2) is 11.3. The summed E-state index contributed by atoms with van der Waals surface area (Å²) in [5, 5.41) is 0. The molecule has 0 nitrogen and oxygen atoms in total. The van der Waals surface area contributed by atoms with Crippen molar-refractivity contribution in [2.45, 2.75) is 16.5 Å². The van der Waals surface area contributed by atoms with Gasteiger partial charge in [0, 0.05) is 0 Å². The van der Waals surface area contributed by atoms with Crippen molar-refractivity contribution in [3.63, 3.8) is 0 Å². The first kappa shape index (κ1) is 29.3. The number of allylic oxidation sites excluding steroid dienone is 2. The molecule has 0 N–H and O–H groups in total. The molecule has 0 heterocycles. The van der Waals surface area contributed by atoms with Crippen LogP contribution in [-0.2, 0) is 17.4 Å². The zero-order valence-corrected chi connectivity index (χ0v) is 30.4. The van der Waals surface area contributed by atoms with Gasteiger partial charge in [0.15, 0.2) is 0 Å². The molecular formula is C44H38SiZr. The van der Waals surface area contributed by atoms with Gasteiger partial charge in [0.1, 0.15) is 0 Å². The van der Waals surface area contributed by atoms with E-state index in [1.54, 1.807) is 0 Å². The van der Waals surface area contributed by atoms with Crippen molar-refractivity contribution in [3.05, 3.63) is 191 Å². The van der Waals surface area contributed by atoms with E-state index in [-0.39, 0.29) is 0 Å². The normalized spacial score (nSPS) is 17.2. The van der Waals surface area contributed by atoms with E-state index in [4.69, 9.17) is 0 Å². The van der Waals surface area contributed by atoms with Gasteiger partial charge in [0.2, 0.25) is 0 Å². The maximum atomic E-state index is 2.75. The summed E-state index contributed by atoms with van der Waals surface area (Å²) in [7, 11) is 0. The van der Waals surface area contributed by atoms with Gasteiger partial charge in [0.05, 0.1) is 0 Å². The van der Waals surface area contributed by atoms with Crippen LogP contribution in [0.1, 0.15) is 40.6 Å². The monoisotopic (exact) mass is 684 g/mol. The van der Waals surface area contributed by atoms with E-state index >= 15 is 0 Å². The van der Waals surface area contributed by atoms with Gasteiger partial charge >= 0.3 is 277 Å². The topological polar surface area (TPSA) is 0 Å². The molecule has 0 aliphatic heterocycles. The Morgan fingerprint density at radius 2 is 0.717 bits per heavy atom. The third kappa shape index (κ3) is 4.82. The number of rotatable bonds is 6. The predicted octanol–water partition coefficient (Wildman–Crippen LogP) is 11.2. The minimum atomic E-state index is -3.96. The second-order valence-corrected chi connectivity index (χ2v) is 44.6. The van der Waals surface area contributed by atoms with Gasteiger partial charge in [-0.05, 0) is 0 Å². The standard InChI is InChI=1S/2C21H15.2CH3.H2Si.Zr/c2*1-3-8-16(9-4-1)19-14-18-12-7-13-20(21(18)15-19)17-10-5-2-6-11-17;;;;/h2*1-15H;2*1H3;1H2;. The van der Waals surface area contributed by atoms with Gasteiger partial charge < -0.3 is 0 Å². The second-order valence-electron chi connectivity index (χ2n) is 14.1. The molecule has 6 aromatic rings. The van der Waals surface area contributed by atoms with Crippen LogP contribution in [0.25, 0.3) is 45.6 Å². The minimum absolute atomic E-state index is 0.365. The van der Waals surface area contributed by atoms with Crippen LogP contribution >= 0.6 is 0 Å². The Bertz CT molecular complexity index is 2050. The van der Waals surface area contributed by atoms with E-state index in [2.05, 4.69) is 186 Å². The van der Waals surface area contributed by atoms with Crippen LogP contribution in [0.2, 0.25) is 9.26 Å². The van der Waals surface area contributed by atoms with Gasteiger partial charge in [0.25, 0.3) is 0 Å². The van der Waals surface area contributed by atoms with Gasteiger partial charge in [-0.2, -0.15) is 0 Å². The number of hydrogen-bond donors (Lipinski definition) is 0. The van der Waals surface area contributed by atoms with E-state index < -0.39 is 17.4 Å². The Labute approximate surface area is 275 Å². The van der Waals surface area contributed by atoms with E-state index in [9.17, 15) is 0 Å². The molecule has 0 radical (unpaired) electrons. The molecule has 2 aliphatic carbocycles. The van der Waals surface area contributed by atoms with Gasteiger partial charge in [-0.1, -0.05) is 0 Å². The third-order valence-electron chi connectivity index (χ3n) is 10.4. The Morgan fingerprint density at radius 3 is 1.07 bits per heavy atom. The first-order valence-electron chi connectivity index (χ1n) is 16.4. The zero-order valence-electron chi connectivity index (χ0n) is 26.5. The van der Waals surface area contributed by atoms with Crippen LogP contribution in [0.5, 0.6) is 0 Å². The zero-order chi connectivity index (χ0) is 31.3. The van der Waals surface area contributed by atoms with Crippen molar-refractivity contribution < 1.29 is 17.4 Å². The average Bonchev–Trinajstić information content (AvgIpc) is 3.71. The maximum absolute atomic E-state index is 3.96. The Balaban J connectivity index is 1.39. The Morgan fingerprint density at radius 1 is 0.391 bits per heavy atom. The molecule has 46 heavy (non-hydrogen) atoms. The Hall–Kier alpha value is -4.10. The molecule has 222 valence electrons. The molecule has 2 aliphatic rings. The number of fused-ring (bicyclic) bond motifs is 2. The van der Waals surface area contributed by atoms with Gasteiger partial charge in [-0.15, -0.1) is 0 Å². The van der Waals surface area contributed by atoms with Crippen LogP contribution in [-0.4, -0.2) is 6.88 Å². The molecule has 0 saturated heterocycles. The van der Waals surface area contributed by atoms with E-state index in [1.165, 1.54) is 66.8 Å². The van der Waals surface area contributed by atoms with Crippen molar-refractivity contribution in [2.75, 3.05) is 0 Å². The average molecular weight is 686 g/mol. The predicted molar refractivity (Wildman–Crippen MR) is 198 cm³/mol. The van der Waals surface area contributed by atoms with Crippen LogP contribution < -0.4 is 0 Å². The summed E-state index contributed by atoms with van der Waals surface area (Å²) in [5.41, 5.74) is 16.7. The van der Waals surface area contributed by atoms with Crippen molar-refractivity contribution in [1.29, 1.82) is 0 Å². The summed E-state index contributed by atoms with van der Waals surface area (Å²) in [6, 6.07) is 58.4. The van der Waals surface area contributed by atoms with Crippen LogP contribution in [0.15, 0.2) is 158 Å². The van der Waals surface area contributed by atoms with E-state index in [0.717, 1.165) is 0 Å². The third-order valence-corrected chi connectivity index (χ3v) is 27.6. The summed E-state index contributed by atoms with van der Waals surface area (Å²) in [4.78, 5) is 0. The Kier molecular flexibility index (Phi) is 7.20. The number of benzene rings is 6. The summed E-state index contributed by atoms with van der Waals surface area (Å²) < 4.78 is 6.22. The van der Waals surface area contributed by atoms with Gasteiger partial charge in [-0.25, -0.2) is 0 Å². The quantitative estimate of drug-likeness (QED) is 0.153. The molecule has 0 saturated carbocycles. The molecule has 2 unspecified atom stereocenters.